The van der Waals surface area contributed by atoms with E-state index in [1.54, 1.807) is 13.8 Å². The van der Waals surface area contributed by atoms with Crippen molar-refractivity contribution in [2.45, 2.75) is 45.1 Å². The van der Waals surface area contributed by atoms with Gasteiger partial charge in [0.25, 0.3) is 5.56 Å². The van der Waals surface area contributed by atoms with Gasteiger partial charge in [-0.3, -0.25) is 14.6 Å². The second-order valence-electron chi connectivity index (χ2n) is 8.00. The Morgan fingerprint density at radius 2 is 2.03 bits per heavy atom. The van der Waals surface area contributed by atoms with Gasteiger partial charge in [-0.1, -0.05) is 19.9 Å². The largest absolute Gasteiger partial charge is 0.573 e. The monoisotopic (exact) mass is 459 g/mol. The van der Waals surface area contributed by atoms with E-state index in [1.165, 1.54) is 11.0 Å². The van der Waals surface area contributed by atoms with Crippen molar-refractivity contribution in [2.75, 3.05) is 18.0 Å². The number of rotatable bonds is 7. The molecule has 174 valence electrons. The molecule has 1 aromatic carbocycles. The van der Waals surface area contributed by atoms with Crippen LogP contribution in [0, 0.1) is 11.7 Å². The van der Waals surface area contributed by atoms with E-state index in [2.05, 4.69) is 14.7 Å². The third-order valence-corrected chi connectivity index (χ3v) is 5.26. The van der Waals surface area contributed by atoms with Crippen LogP contribution in [0.25, 0.3) is 0 Å². The number of Topliss-reactive ketones (excluding diaryl/α,β-unsaturated/α-hetero) is 1. The highest BCUT2D eigenvalue weighted by Gasteiger charge is 2.33. The van der Waals surface area contributed by atoms with Crippen molar-refractivity contribution in [3.05, 3.63) is 51.7 Å². The number of ether oxygens (including phenoxy) is 1. The van der Waals surface area contributed by atoms with Crippen molar-refractivity contribution >= 4 is 11.7 Å². The van der Waals surface area contributed by atoms with Gasteiger partial charge < -0.3 is 9.64 Å². The maximum atomic E-state index is 14.2. The molecule has 1 aliphatic heterocycles. The van der Waals surface area contributed by atoms with Crippen molar-refractivity contribution < 1.29 is 31.5 Å². The summed E-state index contributed by atoms with van der Waals surface area (Å²) in [5.41, 5.74) is -0.374. The molecular formula is C21H22F5N3O3. The molecule has 0 amide bonds. The third-order valence-electron chi connectivity index (χ3n) is 5.26. The average molecular weight is 459 g/mol. The molecule has 2 atom stereocenters. The molecule has 1 aliphatic rings. The van der Waals surface area contributed by atoms with Crippen molar-refractivity contribution in [1.29, 1.82) is 0 Å². The van der Waals surface area contributed by atoms with E-state index < -0.39 is 41.4 Å². The predicted octanol–water partition coefficient (Wildman–Crippen LogP) is 4.37. The lowest BCUT2D eigenvalue weighted by Crippen LogP contribution is -2.27. The number of ketones is 1. The second-order valence-corrected chi connectivity index (χ2v) is 8.00. The summed E-state index contributed by atoms with van der Waals surface area (Å²) in [5, 5.41) is 0. The number of nitrogens with zero attached hydrogens (tertiary/aromatic N) is 2. The van der Waals surface area contributed by atoms with Crippen LogP contribution in [0.4, 0.5) is 27.9 Å². The number of H-pyrrole nitrogens is 1. The normalized spacial score (nSPS) is 17.6. The number of aromatic amines is 1. The Kier molecular flexibility index (Phi) is 6.85. The van der Waals surface area contributed by atoms with E-state index in [4.69, 9.17) is 0 Å². The first-order valence-corrected chi connectivity index (χ1v) is 10.0. The number of halogens is 5. The average Bonchev–Trinajstić information content (AvgIpc) is 3.12. The summed E-state index contributed by atoms with van der Waals surface area (Å²) in [5.74, 6) is -3.30. The Labute approximate surface area is 180 Å². The predicted molar refractivity (Wildman–Crippen MR) is 106 cm³/mol. The van der Waals surface area contributed by atoms with Crippen molar-refractivity contribution in [1.82, 2.24) is 9.97 Å². The minimum Gasteiger partial charge on any atom is -0.403 e. The number of alkyl halides is 4. The van der Waals surface area contributed by atoms with Gasteiger partial charge in [0.05, 0.1) is 6.54 Å². The zero-order valence-corrected chi connectivity index (χ0v) is 17.4. The van der Waals surface area contributed by atoms with Gasteiger partial charge in [0.2, 0.25) is 5.95 Å². The molecule has 1 N–H and O–H groups in total. The molecule has 0 spiro atoms. The molecule has 1 saturated heterocycles. The number of carbonyl (C=O) groups excluding carboxylic acids is 1. The van der Waals surface area contributed by atoms with Crippen LogP contribution < -0.4 is 15.2 Å². The van der Waals surface area contributed by atoms with E-state index in [-0.39, 0.29) is 36.9 Å². The zero-order chi connectivity index (χ0) is 23.6. The first-order chi connectivity index (χ1) is 14.9. The Morgan fingerprint density at radius 3 is 2.59 bits per heavy atom. The molecule has 0 bridgehead atoms. The molecule has 0 saturated carbocycles. The number of hydrogen-bond acceptors (Lipinski definition) is 5. The molecule has 3 rings (SSSR count). The Hall–Kier alpha value is -2.98. The minimum atomic E-state index is -5.03. The number of aromatic nitrogens is 2. The van der Waals surface area contributed by atoms with E-state index in [0.29, 0.717) is 12.1 Å². The number of anilines is 1. The van der Waals surface area contributed by atoms with E-state index in [1.807, 2.05) is 0 Å². The molecule has 0 aliphatic carbocycles. The Bertz CT molecular complexity index is 1040. The van der Waals surface area contributed by atoms with E-state index >= 15 is 0 Å². The fourth-order valence-electron chi connectivity index (χ4n) is 3.65. The summed E-state index contributed by atoms with van der Waals surface area (Å²) in [6.07, 6.45) is -5.95. The SMILES string of the molecule is CC(C)[C@@H](CC(=O)c1cc(=O)[nH]c(N2CC[C@H](F)C2)n1)c1ccc(OC(F)(F)F)c(F)c1. The minimum absolute atomic E-state index is 0.0564. The van der Waals surface area contributed by atoms with Gasteiger partial charge in [-0.2, -0.15) is 0 Å². The summed E-state index contributed by atoms with van der Waals surface area (Å²) in [4.78, 5) is 33.1. The summed E-state index contributed by atoms with van der Waals surface area (Å²) >= 11 is 0. The third kappa shape index (κ3) is 5.83. The zero-order valence-electron chi connectivity index (χ0n) is 17.4. The first kappa shape index (κ1) is 23.7. The summed E-state index contributed by atoms with van der Waals surface area (Å²) in [6.45, 7) is 3.96. The van der Waals surface area contributed by atoms with Crippen LogP contribution in [0.15, 0.2) is 29.1 Å². The fourth-order valence-corrected chi connectivity index (χ4v) is 3.65. The van der Waals surface area contributed by atoms with Crippen molar-refractivity contribution in [3.63, 3.8) is 0 Å². The molecule has 2 heterocycles. The number of carbonyl (C=O) groups is 1. The Morgan fingerprint density at radius 1 is 1.31 bits per heavy atom. The van der Waals surface area contributed by atoms with Gasteiger partial charge in [-0.05, 0) is 36.0 Å². The highest BCUT2D eigenvalue weighted by Crippen LogP contribution is 2.33. The van der Waals surface area contributed by atoms with Gasteiger partial charge in [-0.25, -0.2) is 13.8 Å². The molecule has 32 heavy (non-hydrogen) atoms. The number of benzene rings is 1. The smallest absolute Gasteiger partial charge is 0.403 e. The van der Waals surface area contributed by atoms with Crippen LogP contribution in [-0.2, 0) is 0 Å². The molecule has 6 nitrogen and oxygen atoms in total. The summed E-state index contributed by atoms with van der Waals surface area (Å²) in [7, 11) is 0. The van der Waals surface area contributed by atoms with E-state index in [0.717, 1.165) is 18.2 Å². The molecule has 11 heteroatoms. The van der Waals surface area contributed by atoms with Crippen LogP contribution in [0.2, 0.25) is 0 Å². The Balaban J connectivity index is 1.82. The lowest BCUT2D eigenvalue weighted by Gasteiger charge is -2.22. The summed E-state index contributed by atoms with van der Waals surface area (Å²) < 4.78 is 68.4. The molecule has 2 aromatic rings. The lowest BCUT2D eigenvalue weighted by molar-refractivity contribution is -0.275. The maximum Gasteiger partial charge on any atom is 0.573 e. The molecule has 1 aromatic heterocycles. The second kappa shape index (κ2) is 9.25. The van der Waals surface area contributed by atoms with Crippen LogP contribution in [0.3, 0.4) is 0 Å². The number of nitrogens with one attached hydrogen (secondary N) is 1. The highest BCUT2D eigenvalue weighted by molar-refractivity contribution is 5.95. The van der Waals surface area contributed by atoms with Gasteiger partial charge in [0.15, 0.2) is 17.3 Å². The van der Waals surface area contributed by atoms with Gasteiger partial charge >= 0.3 is 6.36 Å². The highest BCUT2D eigenvalue weighted by atomic mass is 19.4. The lowest BCUT2D eigenvalue weighted by atomic mass is 9.84. The first-order valence-electron chi connectivity index (χ1n) is 10.0. The molecular weight excluding hydrogens is 437 g/mol. The quantitative estimate of drug-likeness (QED) is 0.492. The topological polar surface area (TPSA) is 75.3 Å². The van der Waals surface area contributed by atoms with Crippen molar-refractivity contribution in [3.8, 4) is 5.75 Å². The van der Waals surface area contributed by atoms with Crippen LogP contribution in [0.5, 0.6) is 5.75 Å². The van der Waals surface area contributed by atoms with Crippen molar-refractivity contribution in [2.24, 2.45) is 5.92 Å². The molecule has 0 radical (unpaired) electrons. The molecule has 1 fully saturated rings. The number of hydrogen-bond donors (Lipinski definition) is 1. The van der Waals surface area contributed by atoms with Gasteiger partial charge in [0.1, 0.15) is 11.9 Å². The standard InChI is InChI=1S/C21H22F5N3O3/c1-11(2)14(12-3-4-18(15(23)7-12)32-21(24,25)26)8-17(30)16-9-19(31)28-20(27-16)29-6-5-13(22)10-29/h3-4,7,9,11,13-14H,5-6,8,10H2,1-2H3,(H,27,28,31)/t13-,14+/m0/s1. The van der Waals surface area contributed by atoms with Gasteiger partial charge in [0, 0.05) is 19.0 Å². The van der Waals surface area contributed by atoms with E-state index in [9.17, 15) is 31.5 Å². The fraction of sp³-hybridized carbons (Fsp3) is 0.476. The van der Waals surface area contributed by atoms with Gasteiger partial charge in [-0.15, -0.1) is 13.2 Å². The summed E-state index contributed by atoms with van der Waals surface area (Å²) in [6, 6.07) is 4.07. The molecule has 0 unspecified atom stereocenters. The maximum absolute atomic E-state index is 14.2. The van der Waals surface area contributed by atoms with Crippen LogP contribution in [0.1, 0.15) is 48.7 Å². The van der Waals surface area contributed by atoms with Crippen LogP contribution in [-0.4, -0.2) is 41.4 Å². The van der Waals surface area contributed by atoms with Crippen LogP contribution >= 0.6 is 0 Å².